The highest BCUT2D eigenvalue weighted by molar-refractivity contribution is 5.76. The van der Waals surface area contributed by atoms with Crippen molar-refractivity contribution in [3.8, 4) is 0 Å². The Bertz CT molecular complexity index is 220. The summed E-state index contributed by atoms with van der Waals surface area (Å²) < 4.78 is 0. The molecule has 0 aliphatic heterocycles. The smallest absolute Gasteiger partial charge is 0.220 e. The van der Waals surface area contributed by atoms with E-state index in [1.807, 2.05) is 7.05 Å². The molecule has 1 rings (SSSR count). The van der Waals surface area contributed by atoms with Gasteiger partial charge in [0.15, 0.2) is 0 Å². The molecular weight excluding hydrogens is 200 g/mol. The van der Waals surface area contributed by atoms with Gasteiger partial charge in [-0.05, 0) is 58.5 Å². The summed E-state index contributed by atoms with van der Waals surface area (Å²) in [7, 11) is 1.92. The molecule has 3 heteroatoms. The molecule has 0 bridgehead atoms. The second-order valence-corrected chi connectivity index (χ2v) is 5.50. The Hall–Kier alpha value is -0.570. The van der Waals surface area contributed by atoms with E-state index in [1.54, 1.807) is 0 Å². The zero-order valence-corrected chi connectivity index (χ0v) is 10.9. The topological polar surface area (TPSA) is 41.1 Å². The maximum atomic E-state index is 11.7. The lowest BCUT2D eigenvalue weighted by molar-refractivity contribution is -0.123. The zero-order valence-electron chi connectivity index (χ0n) is 10.9. The number of carbonyl (C=O) groups is 1. The van der Waals surface area contributed by atoms with Crippen molar-refractivity contribution in [2.24, 2.45) is 5.92 Å². The fourth-order valence-corrected chi connectivity index (χ4v) is 2.35. The van der Waals surface area contributed by atoms with Crippen molar-refractivity contribution in [3.63, 3.8) is 0 Å². The zero-order chi connectivity index (χ0) is 12.0. The van der Waals surface area contributed by atoms with Crippen molar-refractivity contribution in [2.75, 3.05) is 13.6 Å². The molecule has 0 atom stereocenters. The minimum atomic E-state index is 0.0588. The molecule has 2 N–H and O–H groups in total. The Morgan fingerprint density at radius 2 is 2.00 bits per heavy atom. The third kappa shape index (κ3) is 4.52. The van der Waals surface area contributed by atoms with Crippen LogP contribution in [0.1, 0.15) is 52.4 Å². The standard InChI is InChI=1S/C13H26N2O/c1-11-6-8-13(2,9-7-11)15-12(16)5-4-10-14-3/h11,14H,4-10H2,1-3H3,(H,15,16). The number of nitrogens with one attached hydrogen (secondary N) is 2. The molecule has 0 radical (unpaired) electrons. The predicted molar refractivity (Wildman–Crippen MR) is 67.3 cm³/mol. The van der Waals surface area contributed by atoms with Crippen LogP contribution in [0.25, 0.3) is 0 Å². The van der Waals surface area contributed by atoms with Crippen LogP contribution in [0, 0.1) is 5.92 Å². The first-order valence-corrected chi connectivity index (χ1v) is 6.51. The Labute approximate surface area is 99.4 Å². The molecule has 0 spiro atoms. The third-order valence-electron chi connectivity index (χ3n) is 3.65. The summed E-state index contributed by atoms with van der Waals surface area (Å²) in [5.74, 6) is 1.04. The number of amides is 1. The van der Waals surface area contributed by atoms with Gasteiger partial charge in [-0.3, -0.25) is 4.79 Å². The second kappa shape index (κ2) is 6.24. The normalized spacial score (nSPS) is 30.1. The molecule has 3 nitrogen and oxygen atoms in total. The number of hydrogen-bond donors (Lipinski definition) is 2. The third-order valence-corrected chi connectivity index (χ3v) is 3.65. The highest BCUT2D eigenvalue weighted by Gasteiger charge is 2.30. The Balaban J connectivity index is 2.26. The van der Waals surface area contributed by atoms with E-state index >= 15 is 0 Å². The summed E-state index contributed by atoms with van der Waals surface area (Å²) in [6.07, 6.45) is 6.32. The number of carbonyl (C=O) groups excluding carboxylic acids is 1. The molecule has 0 heterocycles. The highest BCUT2D eigenvalue weighted by atomic mass is 16.1. The first-order chi connectivity index (χ1) is 7.56. The molecular formula is C13H26N2O. The highest BCUT2D eigenvalue weighted by Crippen LogP contribution is 2.31. The molecule has 0 saturated heterocycles. The quantitative estimate of drug-likeness (QED) is 0.705. The van der Waals surface area contributed by atoms with E-state index in [4.69, 9.17) is 0 Å². The Morgan fingerprint density at radius 3 is 2.56 bits per heavy atom. The van der Waals surface area contributed by atoms with Crippen LogP contribution < -0.4 is 10.6 Å². The minimum absolute atomic E-state index is 0.0588. The van der Waals surface area contributed by atoms with Crippen molar-refractivity contribution in [1.29, 1.82) is 0 Å². The van der Waals surface area contributed by atoms with Gasteiger partial charge in [0.25, 0.3) is 0 Å². The summed E-state index contributed by atoms with van der Waals surface area (Å²) in [5.41, 5.74) is 0.0588. The SMILES string of the molecule is CNCCCC(=O)NC1(C)CCC(C)CC1. The first-order valence-electron chi connectivity index (χ1n) is 6.51. The molecule has 1 aliphatic rings. The minimum Gasteiger partial charge on any atom is -0.351 e. The van der Waals surface area contributed by atoms with Crippen LogP contribution in [-0.4, -0.2) is 25.0 Å². The van der Waals surface area contributed by atoms with Crippen molar-refractivity contribution in [2.45, 2.75) is 57.9 Å². The predicted octanol–water partition coefficient (Wildman–Crippen LogP) is 2.07. The molecule has 0 unspecified atom stereocenters. The summed E-state index contributed by atoms with van der Waals surface area (Å²) in [6.45, 7) is 5.41. The fraction of sp³-hybridized carbons (Fsp3) is 0.923. The largest absolute Gasteiger partial charge is 0.351 e. The van der Waals surface area contributed by atoms with E-state index in [0.29, 0.717) is 6.42 Å². The molecule has 0 aromatic carbocycles. The van der Waals surface area contributed by atoms with Crippen molar-refractivity contribution in [3.05, 3.63) is 0 Å². The average Bonchev–Trinajstić information content (AvgIpc) is 2.23. The maximum Gasteiger partial charge on any atom is 0.220 e. The van der Waals surface area contributed by atoms with Crippen LogP contribution >= 0.6 is 0 Å². The molecule has 1 saturated carbocycles. The van der Waals surface area contributed by atoms with E-state index in [0.717, 1.165) is 31.7 Å². The van der Waals surface area contributed by atoms with E-state index in [2.05, 4.69) is 24.5 Å². The van der Waals surface area contributed by atoms with Gasteiger partial charge in [-0.25, -0.2) is 0 Å². The van der Waals surface area contributed by atoms with E-state index in [1.165, 1.54) is 12.8 Å². The number of rotatable bonds is 5. The molecule has 0 aromatic heterocycles. The number of hydrogen-bond acceptors (Lipinski definition) is 2. The Morgan fingerprint density at radius 1 is 1.38 bits per heavy atom. The van der Waals surface area contributed by atoms with Gasteiger partial charge in [0.2, 0.25) is 5.91 Å². The van der Waals surface area contributed by atoms with Crippen molar-refractivity contribution in [1.82, 2.24) is 10.6 Å². The van der Waals surface area contributed by atoms with Gasteiger partial charge in [0, 0.05) is 12.0 Å². The lowest BCUT2D eigenvalue weighted by Crippen LogP contribution is -2.48. The lowest BCUT2D eigenvalue weighted by Gasteiger charge is -2.37. The van der Waals surface area contributed by atoms with E-state index in [-0.39, 0.29) is 11.4 Å². The van der Waals surface area contributed by atoms with Gasteiger partial charge in [-0.2, -0.15) is 0 Å². The summed E-state index contributed by atoms with van der Waals surface area (Å²) in [4.78, 5) is 11.7. The first kappa shape index (κ1) is 13.5. The molecule has 1 amide bonds. The van der Waals surface area contributed by atoms with Crippen molar-refractivity contribution < 1.29 is 4.79 Å². The monoisotopic (exact) mass is 226 g/mol. The van der Waals surface area contributed by atoms with Crippen LogP contribution in [0.4, 0.5) is 0 Å². The molecule has 0 aromatic rings. The van der Waals surface area contributed by atoms with Crippen molar-refractivity contribution >= 4 is 5.91 Å². The van der Waals surface area contributed by atoms with E-state index in [9.17, 15) is 4.79 Å². The van der Waals surface area contributed by atoms with E-state index < -0.39 is 0 Å². The second-order valence-electron chi connectivity index (χ2n) is 5.50. The summed E-state index contributed by atoms with van der Waals surface area (Å²) in [5, 5.41) is 6.27. The fourth-order valence-electron chi connectivity index (χ4n) is 2.35. The average molecular weight is 226 g/mol. The van der Waals surface area contributed by atoms with Gasteiger partial charge in [0.05, 0.1) is 0 Å². The van der Waals surface area contributed by atoms with Gasteiger partial charge in [-0.1, -0.05) is 6.92 Å². The van der Waals surface area contributed by atoms with Crippen LogP contribution in [0.15, 0.2) is 0 Å². The van der Waals surface area contributed by atoms with Gasteiger partial charge in [0.1, 0.15) is 0 Å². The molecule has 16 heavy (non-hydrogen) atoms. The van der Waals surface area contributed by atoms with Gasteiger partial charge in [-0.15, -0.1) is 0 Å². The van der Waals surface area contributed by atoms with Gasteiger partial charge >= 0.3 is 0 Å². The van der Waals surface area contributed by atoms with Gasteiger partial charge < -0.3 is 10.6 Å². The van der Waals surface area contributed by atoms with Crippen LogP contribution in [-0.2, 0) is 4.79 Å². The van der Waals surface area contributed by atoms with Crippen LogP contribution in [0.3, 0.4) is 0 Å². The maximum absolute atomic E-state index is 11.7. The molecule has 1 fully saturated rings. The lowest BCUT2D eigenvalue weighted by atomic mass is 9.78. The summed E-state index contributed by atoms with van der Waals surface area (Å²) in [6, 6.07) is 0. The molecule has 94 valence electrons. The summed E-state index contributed by atoms with van der Waals surface area (Å²) >= 11 is 0. The Kier molecular flexibility index (Phi) is 5.26. The molecule has 1 aliphatic carbocycles. The van der Waals surface area contributed by atoms with Crippen LogP contribution in [0.2, 0.25) is 0 Å². The van der Waals surface area contributed by atoms with Crippen LogP contribution in [0.5, 0.6) is 0 Å².